The van der Waals surface area contributed by atoms with E-state index < -0.39 is 0 Å². The van der Waals surface area contributed by atoms with E-state index in [1.807, 2.05) is 44.2 Å². The zero-order valence-corrected chi connectivity index (χ0v) is 16.0. The summed E-state index contributed by atoms with van der Waals surface area (Å²) in [5.41, 5.74) is 3.41. The molecule has 0 aliphatic heterocycles. The minimum atomic E-state index is -0.346. The average Bonchev–Trinajstić information content (AvgIpc) is 2.70. The van der Waals surface area contributed by atoms with Crippen LogP contribution < -0.4 is 10.9 Å². The summed E-state index contributed by atoms with van der Waals surface area (Å²) in [5.74, 6) is 0.0154. The molecule has 0 saturated carbocycles. The Bertz CT molecular complexity index is 996. The number of aromatic nitrogens is 2. The number of ether oxygens (including phenoxy) is 1. The summed E-state index contributed by atoms with van der Waals surface area (Å²) < 4.78 is 5.11. The lowest BCUT2D eigenvalue weighted by atomic mass is 10.1. The molecule has 6 nitrogen and oxygen atoms in total. The summed E-state index contributed by atoms with van der Waals surface area (Å²) in [6.07, 6.45) is 1.31. The highest BCUT2D eigenvalue weighted by atomic mass is 16.5. The molecule has 0 aliphatic carbocycles. The second kappa shape index (κ2) is 8.99. The molecule has 0 amide bonds. The van der Waals surface area contributed by atoms with Crippen molar-refractivity contribution in [1.82, 2.24) is 9.97 Å². The lowest BCUT2D eigenvalue weighted by Gasteiger charge is -2.10. The monoisotopic (exact) mass is 377 g/mol. The van der Waals surface area contributed by atoms with Gasteiger partial charge in [0.25, 0.3) is 5.56 Å². The van der Waals surface area contributed by atoms with Crippen LogP contribution in [0.5, 0.6) is 0 Å². The molecule has 0 saturated heterocycles. The summed E-state index contributed by atoms with van der Waals surface area (Å²) in [5, 5.41) is 3.07. The number of carbonyl (C=O) groups excluding carboxylic acids is 1. The topological polar surface area (TPSA) is 84.1 Å². The van der Waals surface area contributed by atoms with E-state index >= 15 is 0 Å². The maximum atomic E-state index is 12.5. The van der Waals surface area contributed by atoms with Crippen molar-refractivity contribution in [3.8, 4) is 0 Å². The van der Waals surface area contributed by atoms with E-state index in [4.69, 9.17) is 4.74 Å². The van der Waals surface area contributed by atoms with Crippen molar-refractivity contribution in [3.63, 3.8) is 0 Å². The number of nitrogens with zero attached hydrogens (tertiary/aromatic N) is 1. The zero-order chi connectivity index (χ0) is 19.9. The largest absolute Gasteiger partial charge is 0.462 e. The molecular weight excluding hydrogens is 354 g/mol. The Balaban J connectivity index is 1.73. The number of anilines is 2. The van der Waals surface area contributed by atoms with Crippen molar-refractivity contribution in [1.29, 1.82) is 0 Å². The van der Waals surface area contributed by atoms with Crippen LogP contribution in [0.4, 0.5) is 11.6 Å². The Morgan fingerprint density at radius 3 is 2.46 bits per heavy atom. The molecule has 1 heterocycles. The molecule has 0 spiro atoms. The van der Waals surface area contributed by atoms with Crippen molar-refractivity contribution < 1.29 is 9.53 Å². The van der Waals surface area contributed by atoms with E-state index in [9.17, 15) is 9.59 Å². The van der Waals surface area contributed by atoms with Gasteiger partial charge in [-0.05, 0) is 43.2 Å². The van der Waals surface area contributed by atoms with Crippen molar-refractivity contribution in [3.05, 3.63) is 87.3 Å². The highest BCUT2D eigenvalue weighted by Crippen LogP contribution is 2.16. The number of carbonyl (C=O) groups is 1. The normalized spacial score (nSPS) is 10.5. The summed E-state index contributed by atoms with van der Waals surface area (Å²) in [6, 6.07) is 16.7. The average molecular weight is 377 g/mol. The molecule has 6 heteroatoms. The minimum absolute atomic E-state index is 0.168. The van der Waals surface area contributed by atoms with Gasteiger partial charge in [-0.2, -0.15) is 0 Å². The van der Waals surface area contributed by atoms with E-state index in [0.717, 1.165) is 12.0 Å². The first-order valence-electron chi connectivity index (χ1n) is 9.24. The number of hydrogen-bond acceptors (Lipinski definition) is 5. The Morgan fingerprint density at radius 2 is 1.82 bits per heavy atom. The van der Waals surface area contributed by atoms with Gasteiger partial charge in [0.15, 0.2) is 0 Å². The number of nitrogens with one attached hydrogen (secondary N) is 2. The molecule has 0 bridgehead atoms. The first-order chi connectivity index (χ1) is 13.6. The maximum Gasteiger partial charge on any atom is 0.338 e. The van der Waals surface area contributed by atoms with E-state index in [0.29, 0.717) is 41.5 Å². The third kappa shape index (κ3) is 4.85. The van der Waals surface area contributed by atoms with Crippen LogP contribution in [0.15, 0.2) is 59.4 Å². The van der Waals surface area contributed by atoms with Crippen LogP contribution in [0.1, 0.15) is 40.5 Å². The SMILES string of the molecule is CCCOC(=O)c1ccc(Nc2nc(C)c(Cc3ccccc3)c(=O)[nH]2)cc1. The van der Waals surface area contributed by atoms with Gasteiger partial charge in [-0.15, -0.1) is 0 Å². The number of hydrogen-bond donors (Lipinski definition) is 2. The van der Waals surface area contributed by atoms with Gasteiger partial charge in [-0.25, -0.2) is 9.78 Å². The van der Waals surface area contributed by atoms with Crippen molar-refractivity contribution in [2.75, 3.05) is 11.9 Å². The van der Waals surface area contributed by atoms with Gasteiger partial charge < -0.3 is 10.1 Å². The van der Waals surface area contributed by atoms with Gasteiger partial charge in [0.05, 0.1) is 17.9 Å². The molecular formula is C22H23N3O3. The quantitative estimate of drug-likeness (QED) is 0.609. The fourth-order valence-electron chi connectivity index (χ4n) is 2.78. The Labute approximate surface area is 163 Å². The minimum Gasteiger partial charge on any atom is -0.462 e. The highest BCUT2D eigenvalue weighted by molar-refractivity contribution is 5.89. The molecule has 28 heavy (non-hydrogen) atoms. The van der Waals surface area contributed by atoms with Crippen LogP contribution in [0, 0.1) is 6.92 Å². The number of esters is 1. The molecule has 1 aromatic heterocycles. The summed E-state index contributed by atoms with van der Waals surface area (Å²) in [6.45, 7) is 4.17. The number of aromatic amines is 1. The van der Waals surface area contributed by atoms with Crippen molar-refractivity contribution in [2.45, 2.75) is 26.7 Å². The summed E-state index contributed by atoms with van der Waals surface area (Å²) in [7, 11) is 0. The Morgan fingerprint density at radius 1 is 1.11 bits per heavy atom. The van der Waals surface area contributed by atoms with Gasteiger partial charge in [-0.3, -0.25) is 9.78 Å². The van der Waals surface area contributed by atoms with E-state index in [1.165, 1.54) is 0 Å². The fourth-order valence-corrected chi connectivity index (χ4v) is 2.78. The number of benzene rings is 2. The smallest absolute Gasteiger partial charge is 0.338 e. The van der Waals surface area contributed by atoms with Crippen LogP contribution in [0.3, 0.4) is 0 Å². The molecule has 0 radical (unpaired) electrons. The maximum absolute atomic E-state index is 12.5. The summed E-state index contributed by atoms with van der Waals surface area (Å²) >= 11 is 0. The number of H-pyrrole nitrogens is 1. The molecule has 0 fully saturated rings. The standard InChI is InChI=1S/C22H23N3O3/c1-3-13-28-21(27)17-9-11-18(12-10-17)24-22-23-15(2)19(20(26)25-22)14-16-7-5-4-6-8-16/h4-12H,3,13-14H2,1-2H3,(H2,23,24,25,26). The van der Waals surface area contributed by atoms with Gasteiger partial charge >= 0.3 is 5.97 Å². The second-order valence-corrected chi connectivity index (χ2v) is 6.48. The fraction of sp³-hybridized carbons (Fsp3) is 0.227. The molecule has 3 rings (SSSR count). The first-order valence-corrected chi connectivity index (χ1v) is 9.24. The first kappa shape index (κ1) is 19.4. The predicted octanol–water partition coefficient (Wildman–Crippen LogP) is 3.98. The van der Waals surface area contributed by atoms with Crippen LogP contribution in [0.25, 0.3) is 0 Å². The Hall–Kier alpha value is -3.41. The number of rotatable bonds is 7. The zero-order valence-electron chi connectivity index (χ0n) is 16.0. The molecule has 0 unspecified atom stereocenters. The van der Waals surface area contributed by atoms with E-state index in [1.54, 1.807) is 24.3 Å². The van der Waals surface area contributed by atoms with Gasteiger partial charge in [0.1, 0.15) is 0 Å². The molecule has 0 aliphatic rings. The molecule has 144 valence electrons. The lowest BCUT2D eigenvalue weighted by molar-refractivity contribution is 0.0505. The molecule has 2 aromatic carbocycles. The van der Waals surface area contributed by atoms with Crippen LogP contribution in [0.2, 0.25) is 0 Å². The van der Waals surface area contributed by atoms with E-state index in [-0.39, 0.29) is 11.5 Å². The predicted molar refractivity (Wildman–Crippen MR) is 109 cm³/mol. The third-order valence-corrected chi connectivity index (χ3v) is 4.27. The van der Waals surface area contributed by atoms with Gasteiger partial charge in [0, 0.05) is 17.7 Å². The van der Waals surface area contributed by atoms with E-state index in [2.05, 4.69) is 15.3 Å². The van der Waals surface area contributed by atoms with Gasteiger partial charge in [0.2, 0.25) is 5.95 Å². The van der Waals surface area contributed by atoms with Crippen LogP contribution in [-0.4, -0.2) is 22.5 Å². The Kier molecular flexibility index (Phi) is 6.22. The second-order valence-electron chi connectivity index (χ2n) is 6.48. The van der Waals surface area contributed by atoms with Gasteiger partial charge in [-0.1, -0.05) is 37.3 Å². The number of aryl methyl sites for hydroxylation is 1. The highest BCUT2D eigenvalue weighted by Gasteiger charge is 2.10. The van der Waals surface area contributed by atoms with Crippen molar-refractivity contribution >= 4 is 17.6 Å². The molecule has 2 N–H and O–H groups in total. The molecule has 0 atom stereocenters. The third-order valence-electron chi connectivity index (χ3n) is 4.27. The molecule has 3 aromatic rings. The van der Waals surface area contributed by atoms with Crippen LogP contribution >= 0.6 is 0 Å². The van der Waals surface area contributed by atoms with Crippen LogP contribution in [-0.2, 0) is 11.2 Å². The summed E-state index contributed by atoms with van der Waals surface area (Å²) in [4.78, 5) is 31.6. The lowest BCUT2D eigenvalue weighted by Crippen LogP contribution is -2.18. The van der Waals surface area contributed by atoms with Crippen molar-refractivity contribution in [2.24, 2.45) is 0 Å².